The quantitative estimate of drug-likeness (QED) is 0.858. The van der Waals surface area contributed by atoms with Crippen molar-refractivity contribution in [3.05, 3.63) is 23.8 Å². The van der Waals surface area contributed by atoms with Crippen molar-refractivity contribution < 1.29 is 0 Å². The maximum atomic E-state index is 9.47. The first kappa shape index (κ1) is 14.2. The summed E-state index contributed by atoms with van der Waals surface area (Å²) in [5, 5.41) is 12.9. The zero-order valence-corrected chi connectivity index (χ0v) is 12.5. The summed E-state index contributed by atoms with van der Waals surface area (Å²) in [4.78, 5) is 3.36. The van der Waals surface area contributed by atoms with Crippen LogP contribution in [0.1, 0.15) is 25.3 Å². The number of nitrogens with one attached hydrogen (secondary N) is 1. The lowest BCUT2D eigenvalue weighted by molar-refractivity contribution is 0.445. The molecular formula is C15H21N3S. The summed E-state index contributed by atoms with van der Waals surface area (Å²) in [6, 6.07) is 9.04. The Morgan fingerprint density at radius 2 is 2.37 bits per heavy atom. The number of rotatable bonds is 4. The van der Waals surface area contributed by atoms with Gasteiger partial charge in [-0.3, -0.25) is 0 Å². The van der Waals surface area contributed by atoms with Gasteiger partial charge in [0.05, 0.1) is 11.3 Å². The molecule has 0 bridgehead atoms. The van der Waals surface area contributed by atoms with Gasteiger partial charge in [-0.05, 0) is 37.3 Å². The number of nitriles is 1. The second kappa shape index (κ2) is 6.83. The van der Waals surface area contributed by atoms with Gasteiger partial charge in [0.1, 0.15) is 6.07 Å². The topological polar surface area (TPSA) is 39.1 Å². The Balaban J connectivity index is 2.27. The number of thioether (sulfide) groups is 1. The first-order valence-electron chi connectivity index (χ1n) is 6.87. The zero-order valence-electron chi connectivity index (χ0n) is 11.6. The van der Waals surface area contributed by atoms with Crippen molar-refractivity contribution in [1.82, 2.24) is 5.32 Å². The fourth-order valence-corrected chi connectivity index (χ4v) is 3.34. The van der Waals surface area contributed by atoms with Gasteiger partial charge in [-0.1, -0.05) is 13.0 Å². The highest BCUT2D eigenvalue weighted by molar-refractivity contribution is 7.99. The van der Waals surface area contributed by atoms with E-state index in [9.17, 15) is 5.26 Å². The average Bonchev–Trinajstić information content (AvgIpc) is 2.47. The molecule has 1 heterocycles. The van der Waals surface area contributed by atoms with E-state index in [4.69, 9.17) is 0 Å². The Bertz CT molecular complexity index is 461. The Morgan fingerprint density at radius 1 is 1.53 bits per heavy atom. The zero-order chi connectivity index (χ0) is 13.7. The first-order chi connectivity index (χ1) is 9.27. The van der Waals surface area contributed by atoms with Crippen LogP contribution in [0.15, 0.2) is 23.1 Å². The lowest BCUT2D eigenvalue weighted by Crippen LogP contribution is -2.44. The molecule has 1 N–H and O–H groups in total. The molecule has 1 aliphatic heterocycles. The molecule has 1 aromatic rings. The molecule has 3 nitrogen and oxygen atoms in total. The van der Waals surface area contributed by atoms with E-state index in [2.05, 4.69) is 42.4 Å². The molecule has 1 saturated heterocycles. The summed E-state index contributed by atoms with van der Waals surface area (Å²) in [7, 11) is 2.11. The molecule has 0 saturated carbocycles. The molecule has 0 radical (unpaired) electrons. The highest BCUT2D eigenvalue weighted by Crippen LogP contribution is 2.31. The second-order valence-electron chi connectivity index (χ2n) is 4.81. The van der Waals surface area contributed by atoms with Gasteiger partial charge in [-0.2, -0.15) is 5.26 Å². The van der Waals surface area contributed by atoms with Gasteiger partial charge >= 0.3 is 0 Å². The highest BCUT2D eigenvalue weighted by Gasteiger charge is 2.21. The average molecular weight is 275 g/mol. The number of piperidine rings is 1. The number of hydrogen-bond donors (Lipinski definition) is 1. The van der Waals surface area contributed by atoms with Crippen LogP contribution < -0.4 is 10.2 Å². The van der Waals surface area contributed by atoms with Crippen molar-refractivity contribution in [2.24, 2.45) is 0 Å². The van der Waals surface area contributed by atoms with E-state index in [1.807, 2.05) is 6.07 Å². The Hall–Kier alpha value is -1.18. The molecule has 4 heteroatoms. The van der Waals surface area contributed by atoms with Gasteiger partial charge < -0.3 is 10.2 Å². The molecule has 2 rings (SSSR count). The molecule has 0 spiro atoms. The monoisotopic (exact) mass is 275 g/mol. The van der Waals surface area contributed by atoms with Crippen molar-refractivity contribution in [2.75, 3.05) is 30.8 Å². The molecular weight excluding hydrogens is 254 g/mol. The third kappa shape index (κ3) is 3.23. The molecule has 0 aromatic heterocycles. The van der Waals surface area contributed by atoms with Crippen LogP contribution >= 0.6 is 11.8 Å². The largest absolute Gasteiger partial charge is 0.369 e. The molecule has 1 aromatic carbocycles. The van der Waals surface area contributed by atoms with Crippen LogP contribution in [0.3, 0.4) is 0 Å². The molecule has 19 heavy (non-hydrogen) atoms. The van der Waals surface area contributed by atoms with Crippen molar-refractivity contribution >= 4 is 17.4 Å². The van der Waals surface area contributed by atoms with Crippen LogP contribution in [-0.4, -0.2) is 31.9 Å². The van der Waals surface area contributed by atoms with Crippen molar-refractivity contribution in [3.8, 4) is 6.07 Å². The summed E-state index contributed by atoms with van der Waals surface area (Å²) in [5.41, 5.74) is 1.89. The van der Waals surface area contributed by atoms with Gasteiger partial charge in [0, 0.05) is 24.5 Å². The van der Waals surface area contributed by atoms with Gasteiger partial charge in [0.2, 0.25) is 0 Å². The number of hydrogen-bond acceptors (Lipinski definition) is 4. The predicted molar refractivity (Wildman–Crippen MR) is 81.8 cm³/mol. The van der Waals surface area contributed by atoms with Crippen molar-refractivity contribution in [1.29, 1.82) is 5.26 Å². The fourth-order valence-electron chi connectivity index (χ4n) is 2.56. The molecule has 0 amide bonds. The maximum Gasteiger partial charge on any atom is 0.103 e. The molecule has 1 unspecified atom stereocenters. The van der Waals surface area contributed by atoms with E-state index in [0.29, 0.717) is 6.04 Å². The standard InChI is InChI=1S/C15H21N3S/c1-3-19-15-8-4-7-14(13(15)10-16)18(2)12-6-5-9-17-11-12/h4,7-8,12,17H,3,5-6,9,11H2,1-2H3. The summed E-state index contributed by atoms with van der Waals surface area (Å²) in [6.45, 7) is 4.24. The third-order valence-electron chi connectivity index (χ3n) is 3.61. The fraction of sp³-hybridized carbons (Fsp3) is 0.533. The van der Waals surface area contributed by atoms with Gasteiger partial charge in [0.25, 0.3) is 0 Å². The van der Waals surface area contributed by atoms with E-state index in [0.717, 1.165) is 35.0 Å². The van der Waals surface area contributed by atoms with E-state index >= 15 is 0 Å². The van der Waals surface area contributed by atoms with Crippen molar-refractivity contribution in [3.63, 3.8) is 0 Å². The Labute approximate surface area is 120 Å². The van der Waals surface area contributed by atoms with E-state index in [1.54, 1.807) is 11.8 Å². The molecule has 1 aliphatic rings. The van der Waals surface area contributed by atoms with Gasteiger partial charge in [0.15, 0.2) is 0 Å². The van der Waals surface area contributed by atoms with Gasteiger partial charge in [-0.25, -0.2) is 0 Å². The molecule has 1 atom stereocenters. The van der Waals surface area contributed by atoms with Crippen LogP contribution in [0.25, 0.3) is 0 Å². The summed E-state index contributed by atoms with van der Waals surface area (Å²) in [5.74, 6) is 0.993. The predicted octanol–water partition coefficient (Wildman–Crippen LogP) is 2.86. The van der Waals surface area contributed by atoms with Crippen molar-refractivity contribution in [2.45, 2.75) is 30.7 Å². The SMILES string of the molecule is CCSc1cccc(N(C)C2CCCNC2)c1C#N. The highest BCUT2D eigenvalue weighted by atomic mass is 32.2. The summed E-state index contributed by atoms with van der Waals surface area (Å²) >= 11 is 1.74. The first-order valence-corrected chi connectivity index (χ1v) is 7.86. The third-order valence-corrected chi connectivity index (χ3v) is 4.55. The Morgan fingerprint density at radius 3 is 3.00 bits per heavy atom. The van der Waals surface area contributed by atoms with Crippen LogP contribution in [-0.2, 0) is 0 Å². The number of benzene rings is 1. The summed E-state index contributed by atoms with van der Waals surface area (Å²) in [6.07, 6.45) is 2.40. The minimum absolute atomic E-state index is 0.489. The maximum absolute atomic E-state index is 9.47. The minimum Gasteiger partial charge on any atom is -0.369 e. The smallest absolute Gasteiger partial charge is 0.103 e. The lowest BCUT2D eigenvalue weighted by Gasteiger charge is -2.34. The van der Waals surface area contributed by atoms with Crippen LogP contribution in [0.2, 0.25) is 0 Å². The number of nitrogens with zero attached hydrogens (tertiary/aromatic N) is 2. The Kier molecular flexibility index (Phi) is 5.12. The normalized spacial score (nSPS) is 18.9. The number of anilines is 1. The molecule has 102 valence electrons. The van der Waals surface area contributed by atoms with Gasteiger partial charge in [-0.15, -0.1) is 11.8 Å². The van der Waals surface area contributed by atoms with E-state index < -0.39 is 0 Å². The minimum atomic E-state index is 0.489. The molecule has 1 fully saturated rings. The summed E-state index contributed by atoms with van der Waals surface area (Å²) < 4.78 is 0. The molecule has 0 aliphatic carbocycles. The second-order valence-corrected chi connectivity index (χ2v) is 6.11. The van der Waals surface area contributed by atoms with Crippen LogP contribution in [0.4, 0.5) is 5.69 Å². The number of likely N-dealkylation sites (N-methyl/N-ethyl adjacent to an activating group) is 1. The van der Waals surface area contributed by atoms with Crippen LogP contribution in [0, 0.1) is 11.3 Å². The van der Waals surface area contributed by atoms with E-state index in [1.165, 1.54) is 12.8 Å². The lowest BCUT2D eigenvalue weighted by atomic mass is 10.0. The van der Waals surface area contributed by atoms with E-state index in [-0.39, 0.29) is 0 Å². The van der Waals surface area contributed by atoms with Crippen LogP contribution in [0.5, 0.6) is 0 Å².